The molecule has 6 nitrogen and oxygen atoms in total. The number of nitrogens with zero attached hydrogens (tertiary/aromatic N) is 2. The highest BCUT2D eigenvalue weighted by molar-refractivity contribution is 6.00. The van der Waals surface area contributed by atoms with Gasteiger partial charge in [-0.2, -0.15) is 0 Å². The Hall–Kier alpha value is -1.53. The van der Waals surface area contributed by atoms with E-state index in [1.165, 1.54) is 19.5 Å². The molecule has 0 bridgehead atoms. The van der Waals surface area contributed by atoms with Crippen LogP contribution in [0.2, 0.25) is 0 Å². The van der Waals surface area contributed by atoms with Crippen molar-refractivity contribution >= 4 is 5.78 Å². The minimum atomic E-state index is -0.273. The van der Waals surface area contributed by atoms with Gasteiger partial charge in [0.25, 0.3) is 0 Å². The van der Waals surface area contributed by atoms with Gasteiger partial charge in [0.2, 0.25) is 11.7 Å². The SMILES string of the molecule is COc1nccnc1C(=O)C1CC(OC)CN1. The predicted molar refractivity (Wildman–Crippen MR) is 60.1 cm³/mol. The fraction of sp³-hybridized carbons (Fsp3) is 0.545. The molecule has 1 N–H and O–H groups in total. The molecule has 2 rings (SSSR count). The first-order valence-electron chi connectivity index (χ1n) is 5.41. The lowest BCUT2D eigenvalue weighted by atomic mass is 10.1. The topological polar surface area (TPSA) is 73.3 Å². The number of ether oxygens (including phenoxy) is 2. The van der Waals surface area contributed by atoms with Gasteiger partial charge in [0, 0.05) is 26.0 Å². The molecule has 1 aromatic rings. The van der Waals surface area contributed by atoms with Crippen molar-refractivity contribution in [2.24, 2.45) is 0 Å². The molecule has 2 atom stereocenters. The normalized spacial score (nSPS) is 23.6. The Morgan fingerprint density at radius 1 is 1.41 bits per heavy atom. The number of Topliss-reactive ketones (excluding diaryl/α,β-unsaturated/α-hetero) is 1. The Bertz CT molecular complexity index is 411. The van der Waals surface area contributed by atoms with Crippen molar-refractivity contribution in [3.05, 3.63) is 18.1 Å². The van der Waals surface area contributed by atoms with Gasteiger partial charge in [0.05, 0.1) is 19.3 Å². The summed E-state index contributed by atoms with van der Waals surface area (Å²) in [6.07, 6.45) is 3.70. The Kier molecular flexibility index (Phi) is 3.65. The maximum atomic E-state index is 12.2. The summed E-state index contributed by atoms with van der Waals surface area (Å²) in [5.41, 5.74) is 0.268. The molecular formula is C11H15N3O3. The van der Waals surface area contributed by atoms with Gasteiger partial charge in [-0.15, -0.1) is 0 Å². The zero-order valence-corrected chi connectivity index (χ0v) is 9.84. The fourth-order valence-corrected chi connectivity index (χ4v) is 1.89. The van der Waals surface area contributed by atoms with Crippen LogP contribution < -0.4 is 10.1 Å². The number of carbonyl (C=O) groups is 1. The highest BCUT2D eigenvalue weighted by Crippen LogP contribution is 2.18. The summed E-state index contributed by atoms with van der Waals surface area (Å²) in [7, 11) is 3.11. The summed E-state index contributed by atoms with van der Waals surface area (Å²) in [4.78, 5) is 20.2. The molecule has 1 aliphatic heterocycles. The van der Waals surface area contributed by atoms with Crippen LogP contribution >= 0.6 is 0 Å². The van der Waals surface area contributed by atoms with Crippen LogP contribution in [0, 0.1) is 0 Å². The van der Waals surface area contributed by atoms with E-state index in [9.17, 15) is 4.79 Å². The molecule has 6 heteroatoms. The fourth-order valence-electron chi connectivity index (χ4n) is 1.89. The summed E-state index contributed by atoms with van der Waals surface area (Å²) in [5, 5.41) is 3.11. The van der Waals surface area contributed by atoms with Gasteiger partial charge < -0.3 is 14.8 Å². The monoisotopic (exact) mass is 237 g/mol. The Balaban J connectivity index is 2.15. The second-order valence-corrected chi connectivity index (χ2v) is 3.83. The molecule has 0 radical (unpaired) electrons. The van der Waals surface area contributed by atoms with Crippen molar-refractivity contribution in [2.45, 2.75) is 18.6 Å². The third kappa shape index (κ3) is 2.42. The van der Waals surface area contributed by atoms with Crippen LogP contribution in [0.4, 0.5) is 0 Å². The third-order valence-corrected chi connectivity index (χ3v) is 2.83. The molecule has 1 aromatic heterocycles. The van der Waals surface area contributed by atoms with E-state index in [1.807, 2.05) is 0 Å². The van der Waals surface area contributed by atoms with Gasteiger partial charge in [0.15, 0.2) is 5.69 Å². The maximum Gasteiger partial charge on any atom is 0.243 e. The third-order valence-electron chi connectivity index (χ3n) is 2.83. The molecule has 0 aliphatic carbocycles. The van der Waals surface area contributed by atoms with Gasteiger partial charge in [-0.05, 0) is 6.42 Å². The first-order valence-corrected chi connectivity index (χ1v) is 5.41. The van der Waals surface area contributed by atoms with E-state index in [0.717, 1.165) is 0 Å². The van der Waals surface area contributed by atoms with E-state index in [4.69, 9.17) is 9.47 Å². The molecule has 2 unspecified atom stereocenters. The number of nitrogens with one attached hydrogen (secondary N) is 1. The van der Waals surface area contributed by atoms with Crippen LogP contribution in [0.1, 0.15) is 16.9 Å². The summed E-state index contributed by atoms with van der Waals surface area (Å²) < 4.78 is 10.2. The number of hydrogen-bond acceptors (Lipinski definition) is 6. The molecule has 1 saturated heterocycles. The molecule has 0 saturated carbocycles. The summed E-state index contributed by atoms with van der Waals surface area (Å²) in [6.45, 7) is 0.676. The summed E-state index contributed by atoms with van der Waals surface area (Å²) in [6, 6.07) is -0.273. The minimum absolute atomic E-state index is 0.0756. The van der Waals surface area contributed by atoms with Crippen LogP contribution in [0.3, 0.4) is 0 Å². The average molecular weight is 237 g/mol. The largest absolute Gasteiger partial charge is 0.479 e. The lowest BCUT2D eigenvalue weighted by Crippen LogP contribution is -2.31. The number of ketones is 1. The zero-order valence-electron chi connectivity index (χ0n) is 9.84. The van der Waals surface area contributed by atoms with Crippen molar-refractivity contribution in [2.75, 3.05) is 20.8 Å². The van der Waals surface area contributed by atoms with Crippen LogP contribution in [-0.4, -0.2) is 48.7 Å². The number of methoxy groups -OCH3 is 2. The molecular weight excluding hydrogens is 222 g/mol. The Morgan fingerprint density at radius 3 is 2.82 bits per heavy atom. The van der Waals surface area contributed by atoms with E-state index in [1.54, 1.807) is 7.11 Å². The maximum absolute atomic E-state index is 12.2. The lowest BCUT2D eigenvalue weighted by Gasteiger charge is -2.10. The summed E-state index contributed by atoms with van der Waals surface area (Å²) in [5.74, 6) is 0.162. The number of hydrogen-bond donors (Lipinski definition) is 1. The van der Waals surface area contributed by atoms with E-state index < -0.39 is 0 Å². The van der Waals surface area contributed by atoms with Crippen LogP contribution in [-0.2, 0) is 4.74 Å². The van der Waals surface area contributed by atoms with Gasteiger partial charge in [-0.3, -0.25) is 4.79 Å². The smallest absolute Gasteiger partial charge is 0.243 e. The van der Waals surface area contributed by atoms with Gasteiger partial charge in [-0.25, -0.2) is 9.97 Å². The van der Waals surface area contributed by atoms with Crippen LogP contribution in [0.5, 0.6) is 5.88 Å². The first kappa shape index (κ1) is 11.9. The second kappa shape index (κ2) is 5.20. The molecule has 92 valence electrons. The molecule has 0 aromatic carbocycles. The second-order valence-electron chi connectivity index (χ2n) is 3.83. The predicted octanol–water partition coefficient (Wildman–Crippen LogP) is 0.0448. The summed E-state index contributed by atoms with van der Waals surface area (Å²) >= 11 is 0. The van der Waals surface area contributed by atoms with E-state index in [-0.39, 0.29) is 29.5 Å². The van der Waals surface area contributed by atoms with Gasteiger partial charge in [-0.1, -0.05) is 0 Å². The van der Waals surface area contributed by atoms with Crippen LogP contribution in [0.15, 0.2) is 12.4 Å². The van der Waals surface area contributed by atoms with Gasteiger partial charge >= 0.3 is 0 Å². The van der Waals surface area contributed by atoms with Crippen molar-refractivity contribution in [3.8, 4) is 5.88 Å². The molecule has 0 spiro atoms. The van der Waals surface area contributed by atoms with Crippen LogP contribution in [0.25, 0.3) is 0 Å². The van der Waals surface area contributed by atoms with E-state index in [0.29, 0.717) is 13.0 Å². The number of carbonyl (C=O) groups excluding carboxylic acids is 1. The minimum Gasteiger partial charge on any atom is -0.479 e. The lowest BCUT2D eigenvalue weighted by molar-refractivity contribution is 0.0910. The Labute approximate surface area is 99.4 Å². The standard InChI is InChI=1S/C11H15N3O3/c1-16-7-5-8(14-6-7)10(15)9-11(17-2)13-4-3-12-9/h3-4,7-8,14H,5-6H2,1-2H3. The molecule has 2 heterocycles. The van der Waals surface area contributed by atoms with E-state index in [2.05, 4.69) is 15.3 Å². The molecule has 0 amide bonds. The van der Waals surface area contributed by atoms with Crippen molar-refractivity contribution < 1.29 is 14.3 Å². The Morgan fingerprint density at radius 2 is 2.18 bits per heavy atom. The number of rotatable bonds is 4. The van der Waals surface area contributed by atoms with Crippen molar-refractivity contribution in [3.63, 3.8) is 0 Å². The highest BCUT2D eigenvalue weighted by atomic mass is 16.5. The quantitative estimate of drug-likeness (QED) is 0.746. The zero-order chi connectivity index (χ0) is 12.3. The molecule has 1 fully saturated rings. The molecule has 1 aliphatic rings. The average Bonchev–Trinajstić information content (AvgIpc) is 2.86. The molecule has 17 heavy (non-hydrogen) atoms. The number of aromatic nitrogens is 2. The van der Waals surface area contributed by atoms with E-state index >= 15 is 0 Å². The van der Waals surface area contributed by atoms with Crippen molar-refractivity contribution in [1.82, 2.24) is 15.3 Å². The van der Waals surface area contributed by atoms with Crippen molar-refractivity contribution in [1.29, 1.82) is 0 Å². The first-order chi connectivity index (χ1) is 8.26. The van der Waals surface area contributed by atoms with Gasteiger partial charge in [0.1, 0.15) is 0 Å². The highest BCUT2D eigenvalue weighted by Gasteiger charge is 2.32.